The molecule has 0 N–H and O–H groups in total. The molecule has 54 valence electrons. The molecule has 0 aliphatic carbocycles. The monoisotopic (exact) mass is 209 g/mol. The van der Waals surface area contributed by atoms with Crippen molar-refractivity contribution in [2.24, 2.45) is 0 Å². The molecule has 3 heteroatoms. The Bertz CT molecular complexity index is 327. The van der Waals surface area contributed by atoms with Gasteiger partial charge >= 0.3 is 0 Å². The van der Waals surface area contributed by atoms with Crippen molar-refractivity contribution in [3.63, 3.8) is 0 Å². The fourth-order valence-corrected chi connectivity index (χ4v) is 1.03. The van der Waals surface area contributed by atoms with Gasteiger partial charge < -0.3 is 0 Å². The van der Waals surface area contributed by atoms with Crippen molar-refractivity contribution in [1.29, 1.82) is 0 Å². The van der Waals surface area contributed by atoms with Crippen LogP contribution in [0.1, 0.15) is 10.4 Å². The van der Waals surface area contributed by atoms with Crippen molar-refractivity contribution < 1.29 is 4.79 Å². The van der Waals surface area contributed by atoms with Gasteiger partial charge in [0, 0.05) is 10.0 Å². The second kappa shape index (κ2) is 3.31. The molecule has 0 aliphatic heterocycles. The summed E-state index contributed by atoms with van der Waals surface area (Å²) in [5, 5.41) is 0. The lowest BCUT2D eigenvalue weighted by Gasteiger charge is -1.94. The standard InChI is InChI=1S/C8H4BrNO/c1-10-7-2-3-8(9)6(4-7)5-11/h2-5H. The maximum absolute atomic E-state index is 10.4. The molecule has 0 radical (unpaired) electrons. The van der Waals surface area contributed by atoms with Crippen molar-refractivity contribution in [2.45, 2.75) is 0 Å². The molecule has 0 saturated heterocycles. The number of benzene rings is 1. The average Bonchev–Trinajstić information content (AvgIpc) is 2.05. The van der Waals surface area contributed by atoms with E-state index in [0.717, 1.165) is 10.8 Å². The zero-order valence-corrected chi connectivity index (χ0v) is 7.13. The van der Waals surface area contributed by atoms with Gasteiger partial charge in [0.2, 0.25) is 0 Å². The Labute approximate surface area is 72.8 Å². The van der Waals surface area contributed by atoms with Gasteiger partial charge in [0.05, 0.1) is 6.57 Å². The average molecular weight is 210 g/mol. The van der Waals surface area contributed by atoms with Gasteiger partial charge in [0.25, 0.3) is 0 Å². The normalized spacial score (nSPS) is 8.73. The lowest BCUT2D eigenvalue weighted by Crippen LogP contribution is -1.79. The first kappa shape index (κ1) is 7.96. The summed E-state index contributed by atoms with van der Waals surface area (Å²) in [5.41, 5.74) is 0.994. The molecule has 0 aliphatic rings. The summed E-state index contributed by atoms with van der Waals surface area (Å²) in [6.45, 7) is 6.68. The highest BCUT2D eigenvalue weighted by Gasteiger charge is 1.98. The minimum absolute atomic E-state index is 0.482. The van der Waals surface area contributed by atoms with E-state index in [1.807, 2.05) is 0 Å². The van der Waals surface area contributed by atoms with Crippen molar-refractivity contribution in [2.75, 3.05) is 0 Å². The van der Waals surface area contributed by atoms with Gasteiger partial charge in [-0.3, -0.25) is 4.79 Å². The second-order valence-electron chi connectivity index (χ2n) is 1.94. The molecule has 11 heavy (non-hydrogen) atoms. The van der Waals surface area contributed by atoms with Crippen molar-refractivity contribution >= 4 is 27.9 Å². The van der Waals surface area contributed by atoms with E-state index < -0.39 is 0 Å². The summed E-state index contributed by atoms with van der Waals surface area (Å²) in [6, 6.07) is 4.89. The smallest absolute Gasteiger partial charge is 0.188 e. The number of hydrogen-bond donors (Lipinski definition) is 0. The molecule has 0 spiro atoms. The Hall–Kier alpha value is -1.14. The molecule has 0 unspecified atom stereocenters. The highest BCUT2D eigenvalue weighted by molar-refractivity contribution is 9.10. The first-order chi connectivity index (χ1) is 5.27. The summed E-state index contributed by atoms with van der Waals surface area (Å²) in [4.78, 5) is 13.6. The van der Waals surface area contributed by atoms with Gasteiger partial charge in [0.1, 0.15) is 6.29 Å². The van der Waals surface area contributed by atoms with Crippen LogP contribution >= 0.6 is 15.9 Å². The van der Waals surface area contributed by atoms with E-state index in [1.165, 1.54) is 0 Å². The molecule has 0 fully saturated rings. The quantitative estimate of drug-likeness (QED) is 0.515. The molecule has 0 bridgehead atoms. The summed E-state index contributed by atoms with van der Waals surface area (Å²) in [5.74, 6) is 0. The molecular formula is C8H4BrNO. The minimum Gasteiger partial charge on any atom is -0.298 e. The van der Waals surface area contributed by atoms with Crippen LogP contribution in [0.25, 0.3) is 4.85 Å². The number of carbonyl (C=O) groups is 1. The number of nitrogens with zero attached hydrogens (tertiary/aromatic N) is 1. The predicted octanol–water partition coefficient (Wildman–Crippen LogP) is 2.81. The summed E-state index contributed by atoms with van der Waals surface area (Å²) >= 11 is 3.19. The maximum Gasteiger partial charge on any atom is 0.188 e. The van der Waals surface area contributed by atoms with Crippen LogP contribution in [0.2, 0.25) is 0 Å². The first-order valence-electron chi connectivity index (χ1n) is 2.90. The molecule has 1 aromatic rings. The maximum atomic E-state index is 10.4. The number of carbonyl (C=O) groups excluding carboxylic acids is 1. The fourth-order valence-electron chi connectivity index (χ4n) is 0.691. The SMILES string of the molecule is [C-]#[N+]c1ccc(Br)c(C=O)c1. The predicted molar refractivity (Wildman–Crippen MR) is 45.8 cm³/mol. The van der Waals surface area contributed by atoms with Gasteiger partial charge in [-0.05, 0) is 6.07 Å². The Balaban J connectivity index is 3.25. The van der Waals surface area contributed by atoms with E-state index >= 15 is 0 Å². The number of halogens is 1. The van der Waals surface area contributed by atoms with Crippen molar-refractivity contribution in [1.82, 2.24) is 0 Å². The van der Waals surface area contributed by atoms with E-state index in [0.29, 0.717) is 11.3 Å². The van der Waals surface area contributed by atoms with Gasteiger partial charge in [-0.2, -0.15) is 0 Å². The van der Waals surface area contributed by atoms with Gasteiger partial charge in [-0.25, -0.2) is 4.85 Å². The summed E-state index contributed by atoms with van der Waals surface area (Å²) in [6.07, 6.45) is 0.721. The lowest BCUT2D eigenvalue weighted by molar-refractivity contribution is 0.112. The van der Waals surface area contributed by atoms with E-state index in [9.17, 15) is 4.79 Å². The molecule has 0 heterocycles. The highest BCUT2D eigenvalue weighted by Crippen LogP contribution is 2.21. The van der Waals surface area contributed by atoms with Gasteiger partial charge in [0.15, 0.2) is 5.69 Å². The lowest BCUT2D eigenvalue weighted by atomic mass is 10.2. The Morgan fingerprint density at radius 1 is 1.55 bits per heavy atom. The molecule has 0 amide bonds. The van der Waals surface area contributed by atoms with Crippen LogP contribution in [0.15, 0.2) is 22.7 Å². The van der Waals surface area contributed by atoms with Gasteiger partial charge in [-0.1, -0.05) is 28.1 Å². The second-order valence-corrected chi connectivity index (χ2v) is 2.79. The Morgan fingerprint density at radius 3 is 2.82 bits per heavy atom. The molecule has 0 atom stereocenters. The molecule has 2 nitrogen and oxygen atoms in total. The van der Waals surface area contributed by atoms with Crippen LogP contribution in [0.5, 0.6) is 0 Å². The summed E-state index contributed by atoms with van der Waals surface area (Å²) in [7, 11) is 0. The third kappa shape index (κ3) is 1.66. The largest absolute Gasteiger partial charge is 0.298 e. The molecule has 1 aromatic carbocycles. The van der Waals surface area contributed by atoms with E-state index in [2.05, 4.69) is 20.8 Å². The van der Waals surface area contributed by atoms with Crippen LogP contribution in [-0.2, 0) is 0 Å². The molecule has 0 saturated carbocycles. The zero-order valence-electron chi connectivity index (χ0n) is 5.54. The third-order valence-electron chi connectivity index (χ3n) is 1.24. The van der Waals surface area contributed by atoms with E-state index in [1.54, 1.807) is 18.2 Å². The number of rotatable bonds is 1. The van der Waals surface area contributed by atoms with Crippen molar-refractivity contribution in [3.05, 3.63) is 39.7 Å². The van der Waals surface area contributed by atoms with E-state index in [4.69, 9.17) is 6.57 Å². The number of aldehydes is 1. The third-order valence-corrected chi connectivity index (χ3v) is 1.96. The fraction of sp³-hybridized carbons (Fsp3) is 0. The highest BCUT2D eigenvalue weighted by atomic mass is 79.9. The topological polar surface area (TPSA) is 21.4 Å². The molecule has 0 aromatic heterocycles. The Morgan fingerprint density at radius 2 is 2.27 bits per heavy atom. The van der Waals surface area contributed by atoms with Crippen LogP contribution in [0.3, 0.4) is 0 Å². The zero-order chi connectivity index (χ0) is 8.27. The molecular weight excluding hydrogens is 206 g/mol. The molecule has 1 rings (SSSR count). The minimum atomic E-state index is 0.482. The van der Waals surface area contributed by atoms with E-state index in [-0.39, 0.29) is 0 Å². The van der Waals surface area contributed by atoms with Crippen LogP contribution in [-0.4, -0.2) is 6.29 Å². The van der Waals surface area contributed by atoms with Crippen LogP contribution in [0, 0.1) is 6.57 Å². The van der Waals surface area contributed by atoms with Crippen molar-refractivity contribution in [3.8, 4) is 0 Å². The van der Waals surface area contributed by atoms with Crippen LogP contribution in [0.4, 0.5) is 5.69 Å². The van der Waals surface area contributed by atoms with Crippen LogP contribution < -0.4 is 0 Å². The number of hydrogen-bond acceptors (Lipinski definition) is 1. The van der Waals surface area contributed by atoms with Gasteiger partial charge in [-0.15, -0.1) is 0 Å². The summed E-state index contributed by atoms with van der Waals surface area (Å²) < 4.78 is 0.722. The first-order valence-corrected chi connectivity index (χ1v) is 3.69. The Kier molecular flexibility index (Phi) is 2.40.